The number of carbonyl (C=O) groups excluding carboxylic acids is 1. The number of hydrogen-bond donors (Lipinski definition) is 0. The van der Waals surface area contributed by atoms with Crippen molar-refractivity contribution in [2.45, 2.75) is 6.92 Å². The van der Waals surface area contributed by atoms with Crippen molar-refractivity contribution >= 4 is 11.5 Å². The zero-order valence-corrected chi connectivity index (χ0v) is 11.1. The summed E-state index contributed by atoms with van der Waals surface area (Å²) in [5, 5.41) is 11.0. The molecule has 6 heteroatoms. The molecule has 0 N–H and O–H groups in total. The van der Waals surface area contributed by atoms with E-state index in [4.69, 9.17) is 9.47 Å². The lowest BCUT2D eigenvalue weighted by Gasteiger charge is -2.12. The molecule has 0 spiro atoms. The third-order valence-corrected chi connectivity index (χ3v) is 2.35. The number of hydrogen-bond acceptors (Lipinski definition) is 5. The normalized spacial score (nSPS) is 9.65. The molecular weight excluding hydrogens is 262 g/mol. The van der Waals surface area contributed by atoms with Crippen molar-refractivity contribution in [3.05, 3.63) is 53.1 Å². The molecule has 0 bridgehead atoms. The summed E-state index contributed by atoms with van der Waals surface area (Å²) in [4.78, 5) is 21.9. The molecule has 0 radical (unpaired) electrons. The Balaban J connectivity index is 3.34. The number of ether oxygens (including phenoxy) is 2. The van der Waals surface area contributed by atoms with Gasteiger partial charge in [-0.2, -0.15) is 0 Å². The molecule has 1 rings (SSSR count). The van der Waals surface area contributed by atoms with Crippen LogP contribution in [-0.4, -0.2) is 23.9 Å². The quantitative estimate of drug-likeness (QED) is 0.316. The third-order valence-electron chi connectivity index (χ3n) is 2.35. The zero-order valence-electron chi connectivity index (χ0n) is 11.1. The van der Waals surface area contributed by atoms with Crippen LogP contribution in [0.4, 0.5) is 5.69 Å². The van der Waals surface area contributed by atoms with Crippen LogP contribution in [0.25, 0.3) is 0 Å². The Hall–Kier alpha value is -2.63. The van der Waals surface area contributed by atoms with Crippen LogP contribution in [0.15, 0.2) is 37.4 Å². The Kier molecular flexibility index (Phi) is 5.46. The molecular formula is C14H15NO5. The van der Waals surface area contributed by atoms with E-state index in [2.05, 4.69) is 13.2 Å². The molecule has 20 heavy (non-hydrogen) atoms. The molecule has 0 aromatic heterocycles. The second-order valence-corrected chi connectivity index (χ2v) is 3.83. The lowest BCUT2D eigenvalue weighted by Crippen LogP contribution is -2.05. The predicted octanol–water partition coefficient (Wildman–Crippen LogP) is 2.93. The first-order valence-electron chi connectivity index (χ1n) is 5.82. The van der Waals surface area contributed by atoms with Gasteiger partial charge in [-0.1, -0.05) is 25.3 Å². The first kappa shape index (κ1) is 15.4. The Morgan fingerprint density at radius 3 is 2.15 bits per heavy atom. The fourth-order valence-corrected chi connectivity index (χ4v) is 1.51. The van der Waals surface area contributed by atoms with Gasteiger partial charge in [0.15, 0.2) is 17.3 Å². The number of carbonyl (C=O) groups is 1. The summed E-state index contributed by atoms with van der Waals surface area (Å²) in [6.07, 6.45) is 3.02. The van der Waals surface area contributed by atoms with Gasteiger partial charge in [0.05, 0.1) is 16.6 Å². The van der Waals surface area contributed by atoms with Crippen molar-refractivity contribution in [1.29, 1.82) is 0 Å². The number of benzene rings is 1. The second kappa shape index (κ2) is 7.08. The van der Waals surface area contributed by atoms with Crippen LogP contribution < -0.4 is 9.47 Å². The van der Waals surface area contributed by atoms with Gasteiger partial charge >= 0.3 is 0 Å². The Morgan fingerprint density at radius 1 is 1.25 bits per heavy atom. The van der Waals surface area contributed by atoms with Crippen LogP contribution >= 0.6 is 0 Å². The monoisotopic (exact) mass is 277 g/mol. The molecule has 1 aromatic carbocycles. The molecule has 0 amide bonds. The molecule has 0 atom stereocenters. The number of rotatable bonds is 8. The molecule has 0 aliphatic carbocycles. The van der Waals surface area contributed by atoms with E-state index in [0.717, 1.165) is 0 Å². The lowest BCUT2D eigenvalue weighted by molar-refractivity contribution is -0.385. The average molecular weight is 277 g/mol. The zero-order chi connectivity index (χ0) is 15.1. The van der Waals surface area contributed by atoms with E-state index < -0.39 is 10.7 Å². The Labute approximate surface area is 116 Å². The van der Waals surface area contributed by atoms with Crippen molar-refractivity contribution in [3.63, 3.8) is 0 Å². The summed E-state index contributed by atoms with van der Waals surface area (Å²) in [7, 11) is 0. The first-order valence-corrected chi connectivity index (χ1v) is 5.82. The number of nitro benzene ring substituents is 1. The van der Waals surface area contributed by atoms with E-state index in [9.17, 15) is 14.9 Å². The molecule has 0 aliphatic heterocycles. The summed E-state index contributed by atoms with van der Waals surface area (Å²) in [5.74, 6) is 0.0152. The highest BCUT2D eigenvalue weighted by Crippen LogP contribution is 2.35. The van der Waals surface area contributed by atoms with Crippen LogP contribution in [0.2, 0.25) is 0 Å². The van der Waals surface area contributed by atoms with Crippen LogP contribution in [0.3, 0.4) is 0 Å². The molecule has 0 heterocycles. The highest BCUT2D eigenvalue weighted by molar-refractivity contribution is 5.98. The molecule has 1 aromatic rings. The maximum absolute atomic E-state index is 11.5. The third kappa shape index (κ3) is 3.68. The van der Waals surface area contributed by atoms with Crippen molar-refractivity contribution in [1.82, 2.24) is 0 Å². The lowest BCUT2D eigenvalue weighted by atomic mass is 10.1. The highest BCUT2D eigenvalue weighted by Gasteiger charge is 2.22. The molecule has 0 unspecified atom stereocenters. The minimum atomic E-state index is -0.630. The fourth-order valence-electron chi connectivity index (χ4n) is 1.51. The van der Waals surface area contributed by atoms with Gasteiger partial charge in [-0.3, -0.25) is 14.9 Å². The van der Waals surface area contributed by atoms with E-state index >= 15 is 0 Å². The van der Waals surface area contributed by atoms with Gasteiger partial charge in [0.25, 0.3) is 5.69 Å². The second-order valence-electron chi connectivity index (χ2n) is 3.83. The maximum atomic E-state index is 11.5. The summed E-state index contributed by atoms with van der Waals surface area (Å²) in [5.41, 5.74) is -0.345. The molecule has 0 fully saturated rings. The number of ketones is 1. The summed E-state index contributed by atoms with van der Waals surface area (Å²) in [6.45, 7) is 8.63. The largest absolute Gasteiger partial charge is 0.486 e. The smallest absolute Gasteiger partial charge is 0.284 e. The highest BCUT2D eigenvalue weighted by atomic mass is 16.6. The summed E-state index contributed by atoms with van der Waals surface area (Å²) >= 11 is 0. The van der Waals surface area contributed by atoms with Crippen molar-refractivity contribution in [3.8, 4) is 11.5 Å². The predicted molar refractivity (Wildman–Crippen MR) is 74.5 cm³/mol. The van der Waals surface area contributed by atoms with Crippen molar-refractivity contribution < 1.29 is 19.2 Å². The first-order chi connectivity index (χ1) is 9.51. The Bertz CT molecular complexity index is 502. The van der Waals surface area contributed by atoms with Gasteiger partial charge in [-0.25, -0.2) is 0 Å². The van der Waals surface area contributed by atoms with Gasteiger partial charge in [-0.05, 0) is 6.92 Å². The van der Waals surface area contributed by atoms with Gasteiger partial charge < -0.3 is 9.47 Å². The fraction of sp³-hybridized carbons (Fsp3) is 0.214. The number of nitrogens with zero attached hydrogens (tertiary/aromatic N) is 1. The van der Waals surface area contributed by atoms with E-state index in [1.165, 1.54) is 31.2 Å². The minimum absolute atomic E-state index is 0.0278. The number of Topliss-reactive ketones (excluding diaryl/α,β-unsaturated/α-hetero) is 1. The van der Waals surface area contributed by atoms with E-state index in [0.29, 0.717) is 0 Å². The molecule has 6 nitrogen and oxygen atoms in total. The van der Waals surface area contributed by atoms with Gasteiger partial charge in [0.2, 0.25) is 0 Å². The molecule has 0 aliphatic rings. The van der Waals surface area contributed by atoms with Crippen LogP contribution in [-0.2, 0) is 0 Å². The minimum Gasteiger partial charge on any atom is -0.486 e. The van der Waals surface area contributed by atoms with Crippen LogP contribution in [0.1, 0.15) is 17.3 Å². The number of nitro groups is 1. The van der Waals surface area contributed by atoms with Crippen molar-refractivity contribution in [2.75, 3.05) is 13.2 Å². The van der Waals surface area contributed by atoms with E-state index in [1.54, 1.807) is 0 Å². The summed E-state index contributed by atoms with van der Waals surface area (Å²) < 4.78 is 10.7. The summed E-state index contributed by atoms with van der Waals surface area (Å²) in [6, 6.07) is 2.49. The van der Waals surface area contributed by atoms with E-state index in [-0.39, 0.29) is 36.0 Å². The average Bonchev–Trinajstić information content (AvgIpc) is 2.42. The standard InChI is InChI=1S/C14H15NO5/c1-4-6-19-13-8-11(10(3)16)12(15(17)18)9-14(13)20-7-5-2/h4-5,8-9H,1-2,6-7H2,3H3. The van der Waals surface area contributed by atoms with Gasteiger partial charge in [-0.15, -0.1) is 0 Å². The molecule has 106 valence electrons. The Morgan fingerprint density at radius 2 is 1.75 bits per heavy atom. The van der Waals surface area contributed by atoms with Crippen LogP contribution in [0.5, 0.6) is 11.5 Å². The maximum Gasteiger partial charge on any atom is 0.284 e. The molecule has 0 saturated carbocycles. The topological polar surface area (TPSA) is 78.7 Å². The van der Waals surface area contributed by atoms with Crippen LogP contribution in [0, 0.1) is 10.1 Å². The van der Waals surface area contributed by atoms with E-state index in [1.807, 2.05) is 0 Å². The SMILES string of the molecule is C=CCOc1cc(C(C)=O)c([N+](=O)[O-])cc1OCC=C. The van der Waals surface area contributed by atoms with Gasteiger partial charge in [0, 0.05) is 6.07 Å². The molecule has 0 saturated heterocycles. The van der Waals surface area contributed by atoms with Crippen molar-refractivity contribution in [2.24, 2.45) is 0 Å². The van der Waals surface area contributed by atoms with Gasteiger partial charge in [0.1, 0.15) is 13.2 Å².